The molecule has 0 unspecified atom stereocenters. The summed E-state index contributed by atoms with van der Waals surface area (Å²) in [5.41, 5.74) is 1.72. The molecule has 2 aromatic carbocycles. The number of para-hydroxylation sites is 1. The fraction of sp³-hybridized carbons (Fsp3) is 0.263. The van der Waals surface area contributed by atoms with E-state index in [1.165, 1.54) is 35.5 Å². The van der Waals surface area contributed by atoms with Crippen molar-refractivity contribution in [3.8, 4) is 6.07 Å². The number of esters is 1. The third-order valence-corrected chi connectivity index (χ3v) is 6.16. The van der Waals surface area contributed by atoms with Crippen molar-refractivity contribution in [2.24, 2.45) is 0 Å². The van der Waals surface area contributed by atoms with E-state index in [0.29, 0.717) is 12.1 Å². The van der Waals surface area contributed by atoms with Crippen LogP contribution in [-0.2, 0) is 21.2 Å². The molecule has 134 valence electrons. The summed E-state index contributed by atoms with van der Waals surface area (Å²) < 4.78 is 32.7. The smallest absolute Gasteiger partial charge is 0.339 e. The van der Waals surface area contributed by atoms with Crippen LogP contribution in [0.4, 0.5) is 5.69 Å². The lowest BCUT2D eigenvalue weighted by molar-refractivity contribution is 0.0435. The van der Waals surface area contributed by atoms with Crippen molar-refractivity contribution >= 4 is 21.7 Å². The van der Waals surface area contributed by atoms with E-state index in [9.17, 15) is 13.2 Å². The van der Waals surface area contributed by atoms with Gasteiger partial charge in [0.1, 0.15) is 6.07 Å². The highest BCUT2D eigenvalue weighted by Crippen LogP contribution is 2.36. The number of anilines is 1. The van der Waals surface area contributed by atoms with Crippen LogP contribution < -0.4 is 4.31 Å². The Bertz CT molecular complexity index is 995. The van der Waals surface area contributed by atoms with Gasteiger partial charge in [-0.2, -0.15) is 5.26 Å². The minimum Gasteiger partial charge on any atom is -0.444 e. The minimum atomic E-state index is -3.83. The summed E-state index contributed by atoms with van der Waals surface area (Å²) in [6, 6.07) is 14.7. The number of ether oxygens (including phenoxy) is 1. The maximum absolute atomic E-state index is 13.2. The number of fused-ring (bicyclic) bond motifs is 1. The fourth-order valence-electron chi connectivity index (χ4n) is 3.06. The zero-order valence-electron chi connectivity index (χ0n) is 14.4. The van der Waals surface area contributed by atoms with E-state index in [0.717, 1.165) is 5.56 Å². The molecule has 0 fully saturated rings. The van der Waals surface area contributed by atoms with Gasteiger partial charge in [0.15, 0.2) is 6.10 Å². The van der Waals surface area contributed by atoms with E-state index >= 15 is 0 Å². The molecule has 0 radical (unpaired) electrons. The summed E-state index contributed by atoms with van der Waals surface area (Å²) in [4.78, 5) is 12.1. The minimum absolute atomic E-state index is 0.0140. The Balaban J connectivity index is 1.98. The number of sulfonamides is 1. The molecule has 26 heavy (non-hydrogen) atoms. The summed E-state index contributed by atoms with van der Waals surface area (Å²) in [5.74, 6) is -0.731. The zero-order valence-corrected chi connectivity index (χ0v) is 15.2. The topological polar surface area (TPSA) is 87.5 Å². The molecule has 1 aliphatic rings. The highest BCUT2D eigenvalue weighted by atomic mass is 32.2. The normalized spacial score (nSPS) is 17.3. The van der Waals surface area contributed by atoms with Crippen LogP contribution in [0.3, 0.4) is 0 Å². The lowest BCUT2D eigenvalue weighted by atomic mass is 10.1. The van der Waals surface area contributed by atoms with Crippen LogP contribution in [-0.4, -0.2) is 26.5 Å². The Labute approximate surface area is 152 Å². The van der Waals surface area contributed by atoms with Crippen molar-refractivity contribution in [2.75, 3.05) is 4.31 Å². The molecule has 0 N–H and O–H groups in total. The molecule has 0 spiro atoms. The molecule has 2 atom stereocenters. The van der Waals surface area contributed by atoms with Gasteiger partial charge in [-0.1, -0.05) is 24.3 Å². The van der Waals surface area contributed by atoms with Crippen molar-refractivity contribution in [3.63, 3.8) is 0 Å². The Morgan fingerprint density at radius 1 is 1.27 bits per heavy atom. The first kappa shape index (κ1) is 18.0. The molecule has 1 aliphatic heterocycles. The molecule has 3 rings (SSSR count). The van der Waals surface area contributed by atoms with Gasteiger partial charge in [-0.15, -0.1) is 0 Å². The van der Waals surface area contributed by atoms with Gasteiger partial charge in [-0.25, -0.2) is 13.2 Å². The molecule has 0 aromatic heterocycles. The fourth-order valence-corrected chi connectivity index (χ4v) is 4.79. The van der Waals surface area contributed by atoms with Crippen LogP contribution in [0.1, 0.15) is 29.8 Å². The quantitative estimate of drug-likeness (QED) is 0.772. The van der Waals surface area contributed by atoms with Gasteiger partial charge >= 0.3 is 5.97 Å². The standard InChI is InChI=1S/C19H18N2O4S/c1-13-10-15-6-3-4-9-18(15)21(13)26(23,24)17-8-5-7-16(11-17)19(22)25-14(2)12-20/h3-9,11,13-14H,10H2,1-2H3/t13-,14-/m0/s1. The Morgan fingerprint density at radius 2 is 2.00 bits per heavy atom. The first-order chi connectivity index (χ1) is 12.3. The lowest BCUT2D eigenvalue weighted by Crippen LogP contribution is -2.35. The van der Waals surface area contributed by atoms with Gasteiger partial charge in [0.05, 0.1) is 16.1 Å². The molecular formula is C19H18N2O4S. The average molecular weight is 370 g/mol. The summed E-state index contributed by atoms with van der Waals surface area (Å²) in [5, 5.41) is 8.75. The monoisotopic (exact) mass is 370 g/mol. The molecule has 0 bridgehead atoms. The van der Waals surface area contributed by atoms with Gasteiger partial charge in [0.2, 0.25) is 0 Å². The van der Waals surface area contributed by atoms with Gasteiger partial charge in [-0.05, 0) is 50.1 Å². The van der Waals surface area contributed by atoms with Gasteiger partial charge in [0, 0.05) is 6.04 Å². The summed E-state index contributed by atoms with van der Waals surface area (Å²) in [6.07, 6.45) is -0.273. The number of nitriles is 1. The second-order valence-corrected chi connectivity index (χ2v) is 8.00. The highest BCUT2D eigenvalue weighted by Gasteiger charge is 2.36. The first-order valence-electron chi connectivity index (χ1n) is 8.17. The molecule has 1 heterocycles. The third-order valence-electron chi connectivity index (χ3n) is 4.24. The molecule has 7 heteroatoms. The molecule has 2 aromatic rings. The maximum Gasteiger partial charge on any atom is 0.339 e. The van der Waals surface area contributed by atoms with Crippen molar-refractivity contribution in [1.29, 1.82) is 5.26 Å². The molecule has 6 nitrogen and oxygen atoms in total. The van der Waals surface area contributed by atoms with Gasteiger partial charge in [0.25, 0.3) is 10.0 Å². The van der Waals surface area contributed by atoms with Crippen LogP contribution in [0.25, 0.3) is 0 Å². The van der Waals surface area contributed by atoms with E-state index in [1.54, 1.807) is 18.2 Å². The predicted molar refractivity (Wildman–Crippen MR) is 96.2 cm³/mol. The summed E-state index contributed by atoms with van der Waals surface area (Å²) in [6.45, 7) is 3.30. The van der Waals surface area contributed by atoms with Crippen molar-refractivity contribution < 1.29 is 17.9 Å². The van der Waals surface area contributed by atoms with Crippen LogP contribution >= 0.6 is 0 Å². The van der Waals surface area contributed by atoms with E-state index in [4.69, 9.17) is 10.00 Å². The Hall–Kier alpha value is -2.85. The first-order valence-corrected chi connectivity index (χ1v) is 9.61. The van der Waals surface area contributed by atoms with Crippen molar-refractivity contribution in [1.82, 2.24) is 0 Å². The predicted octanol–water partition coefficient (Wildman–Crippen LogP) is 2.90. The number of hydrogen-bond acceptors (Lipinski definition) is 5. The SMILES string of the molecule is C[C@@H](C#N)OC(=O)c1cccc(S(=O)(=O)N2c3ccccc3C[C@@H]2C)c1. The van der Waals surface area contributed by atoms with Crippen LogP contribution in [0.2, 0.25) is 0 Å². The number of carbonyl (C=O) groups excluding carboxylic acids is 1. The van der Waals surface area contributed by atoms with Crippen molar-refractivity contribution in [3.05, 3.63) is 59.7 Å². The summed E-state index contributed by atoms with van der Waals surface area (Å²) >= 11 is 0. The lowest BCUT2D eigenvalue weighted by Gasteiger charge is -2.24. The van der Waals surface area contributed by atoms with Crippen molar-refractivity contribution in [2.45, 2.75) is 37.3 Å². The van der Waals surface area contributed by atoms with Crippen LogP contribution in [0, 0.1) is 11.3 Å². The Morgan fingerprint density at radius 3 is 2.73 bits per heavy atom. The molecule has 0 saturated heterocycles. The second-order valence-electron chi connectivity index (χ2n) is 6.19. The zero-order chi connectivity index (χ0) is 18.9. The largest absolute Gasteiger partial charge is 0.444 e. The van der Waals surface area contributed by atoms with E-state index in [2.05, 4.69) is 0 Å². The van der Waals surface area contributed by atoms with E-state index in [1.807, 2.05) is 19.1 Å². The number of hydrogen-bond donors (Lipinski definition) is 0. The number of nitrogens with zero attached hydrogens (tertiary/aromatic N) is 2. The Kier molecular flexibility index (Phi) is 4.70. The number of carbonyl (C=O) groups is 1. The van der Waals surface area contributed by atoms with Crippen LogP contribution in [0.5, 0.6) is 0 Å². The van der Waals surface area contributed by atoms with Crippen LogP contribution in [0.15, 0.2) is 53.4 Å². The third kappa shape index (κ3) is 3.16. The van der Waals surface area contributed by atoms with E-state index in [-0.39, 0.29) is 16.5 Å². The average Bonchev–Trinajstić information content (AvgIpc) is 2.98. The van der Waals surface area contributed by atoms with E-state index < -0.39 is 22.1 Å². The second kappa shape index (κ2) is 6.81. The maximum atomic E-state index is 13.2. The highest BCUT2D eigenvalue weighted by molar-refractivity contribution is 7.92. The molecule has 0 amide bonds. The number of rotatable bonds is 4. The summed E-state index contributed by atoms with van der Waals surface area (Å²) in [7, 11) is -3.83. The van der Waals surface area contributed by atoms with Gasteiger partial charge < -0.3 is 4.74 Å². The molecule has 0 aliphatic carbocycles. The molecule has 0 saturated carbocycles. The van der Waals surface area contributed by atoms with Gasteiger partial charge in [-0.3, -0.25) is 4.31 Å². The number of benzene rings is 2. The molecular weight excluding hydrogens is 352 g/mol.